The second-order valence-electron chi connectivity index (χ2n) is 10.4. The number of rotatable bonds is 10. The fourth-order valence-electron chi connectivity index (χ4n) is 4.52. The zero-order valence-electron chi connectivity index (χ0n) is 24.6. The van der Waals surface area contributed by atoms with Crippen molar-refractivity contribution in [2.45, 2.75) is 46.3 Å². The highest BCUT2D eigenvalue weighted by molar-refractivity contribution is 7.20. The number of hydrogen-bond donors (Lipinski definition) is 1. The van der Waals surface area contributed by atoms with E-state index < -0.39 is 23.4 Å². The van der Waals surface area contributed by atoms with Gasteiger partial charge in [0.25, 0.3) is 0 Å². The number of hydrogen-bond acceptors (Lipinski definition) is 10. The van der Waals surface area contributed by atoms with Gasteiger partial charge in [0.15, 0.2) is 16.8 Å². The summed E-state index contributed by atoms with van der Waals surface area (Å²) in [5.74, 6) is -1.73. The van der Waals surface area contributed by atoms with Crippen LogP contribution in [-0.2, 0) is 15.7 Å². The first kappa shape index (κ1) is 32.3. The van der Waals surface area contributed by atoms with E-state index >= 15 is 4.39 Å². The van der Waals surface area contributed by atoms with Gasteiger partial charge in [0.2, 0.25) is 5.82 Å². The molecule has 0 amide bonds. The number of aromatic nitrogens is 3. The lowest BCUT2D eigenvalue weighted by molar-refractivity contribution is -0.143. The number of carbonyl (C=O) groups excluding carboxylic acids is 1. The highest BCUT2D eigenvalue weighted by Crippen LogP contribution is 2.42. The van der Waals surface area contributed by atoms with Crippen LogP contribution in [0, 0.1) is 18.6 Å². The maximum Gasteiger partial charge on any atom is 0.416 e. The van der Waals surface area contributed by atoms with E-state index in [1.54, 1.807) is 30.7 Å². The van der Waals surface area contributed by atoms with Crippen molar-refractivity contribution in [3.8, 4) is 11.3 Å². The Labute approximate surface area is 250 Å². The van der Waals surface area contributed by atoms with Gasteiger partial charge >= 0.3 is 12.1 Å². The average Bonchev–Trinajstić information content (AvgIpc) is 3.36. The summed E-state index contributed by atoms with van der Waals surface area (Å²) in [5.41, 5.74) is -1.06. The van der Waals surface area contributed by atoms with Crippen LogP contribution < -0.4 is 15.1 Å². The van der Waals surface area contributed by atoms with Crippen molar-refractivity contribution in [2.75, 3.05) is 61.5 Å². The molecular formula is C28H34F5N7O2S. The molecule has 1 fully saturated rings. The molecule has 1 aliphatic rings. The Morgan fingerprint density at radius 3 is 2.44 bits per heavy atom. The lowest BCUT2D eigenvalue weighted by Gasteiger charge is -2.35. The van der Waals surface area contributed by atoms with Crippen LogP contribution in [0.15, 0.2) is 18.2 Å². The largest absolute Gasteiger partial charge is 0.466 e. The zero-order valence-corrected chi connectivity index (χ0v) is 25.4. The number of esters is 1. The van der Waals surface area contributed by atoms with Gasteiger partial charge in [0.05, 0.1) is 18.6 Å². The summed E-state index contributed by atoms with van der Waals surface area (Å²) in [4.78, 5) is 30.4. The maximum atomic E-state index is 15.8. The van der Waals surface area contributed by atoms with Gasteiger partial charge in [0, 0.05) is 51.4 Å². The molecule has 0 atom stereocenters. The number of alkyl halides is 3. The predicted molar refractivity (Wildman–Crippen MR) is 156 cm³/mol. The van der Waals surface area contributed by atoms with Gasteiger partial charge in [-0.05, 0) is 45.9 Å². The summed E-state index contributed by atoms with van der Waals surface area (Å²) >= 11 is 1.09. The zero-order chi connectivity index (χ0) is 31.5. The van der Waals surface area contributed by atoms with E-state index in [4.69, 9.17) is 4.74 Å². The summed E-state index contributed by atoms with van der Waals surface area (Å²) in [6.07, 6.45) is -4.47. The molecule has 0 radical (unpaired) electrons. The number of thiazole rings is 1. The summed E-state index contributed by atoms with van der Waals surface area (Å²) in [6.45, 7) is 10.2. The first-order valence-electron chi connectivity index (χ1n) is 13.8. The molecule has 15 heteroatoms. The molecule has 9 nitrogen and oxygen atoms in total. The third-order valence-electron chi connectivity index (χ3n) is 6.98. The Morgan fingerprint density at radius 1 is 1.12 bits per heavy atom. The van der Waals surface area contributed by atoms with Crippen LogP contribution in [0.25, 0.3) is 11.3 Å². The minimum atomic E-state index is -4.75. The van der Waals surface area contributed by atoms with Crippen LogP contribution in [0.1, 0.15) is 38.6 Å². The van der Waals surface area contributed by atoms with Crippen LogP contribution in [-0.4, -0.2) is 78.2 Å². The lowest BCUT2D eigenvalue weighted by atomic mass is 10.1. The van der Waals surface area contributed by atoms with Gasteiger partial charge in [-0.1, -0.05) is 11.3 Å². The minimum absolute atomic E-state index is 0.0556. The SMILES string of the molecule is CCOC(=O)CCN1CCN(c2nc(C)nc(Nc3nc(-c4cc(F)cc(C(F)(F)F)c4)c(N(C)C(C)C)s3)c2F)CC1. The molecule has 2 aromatic heterocycles. The third kappa shape index (κ3) is 7.88. The summed E-state index contributed by atoms with van der Waals surface area (Å²) < 4.78 is 75.4. The van der Waals surface area contributed by atoms with Crippen LogP contribution in [0.4, 0.5) is 43.7 Å². The van der Waals surface area contributed by atoms with Gasteiger partial charge in [-0.25, -0.2) is 19.3 Å². The molecule has 1 aromatic carbocycles. The molecule has 3 aromatic rings. The number of piperazine rings is 1. The second kappa shape index (κ2) is 13.4. The summed E-state index contributed by atoms with van der Waals surface area (Å²) in [7, 11) is 1.75. The van der Waals surface area contributed by atoms with E-state index in [0.29, 0.717) is 56.2 Å². The Hall–Kier alpha value is -3.59. The molecule has 0 spiro atoms. The Kier molecular flexibility index (Phi) is 10.1. The molecule has 43 heavy (non-hydrogen) atoms. The topological polar surface area (TPSA) is 86.7 Å². The van der Waals surface area contributed by atoms with Crippen molar-refractivity contribution in [3.63, 3.8) is 0 Å². The van der Waals surface area contributed by atoms with Crippen molar-refractivity contribution in [1.82, 2.24) is 19.9 Å². The average molecular weight is 628 g/mol. The monoisotopic (exact) mass is 627 g/mol. The first-order chi connectivity index (χ1) is 20.3. The fraction of sp³-hybridized carbons (Fsp3) is 0.500. The Bertz CT molecular complexity index is 1440. The van der Waals surface area contributed by atoms with E-state index in [9.17, 15) is 22.4 Å². The molecule has 0 unspecified atom stereocenters. The molecule has 234 valence electrons. The lowest BCUT2D eigenvalue weighted by Crippen LogP contribution is -2.47. The van der Waals surface area contributed by atoms with Gasteiger partial charge < -0.3 is 19.9 Å². The smallest absolute Gasteiger partial charge is 0.416 e. The quantitative estimate of drug-likeness (QED) is 0.219. The maximum absolute atomic E-state index is 15.8. The second-order valence-corrected chi connectivity index (χ2v) is 11.3. The normalized spacial score (nSPS) is 14.3. The third-order valence-corrected chi connectivity index (χ3v) is 8.04. The molecule has 0 aliphatic carbocycles. The number of aryl methyl sites for hydroxylation is 1. The van der Waals surface area contributed by atoms with Gasteiger partial charge in [-0.15, -0.1) is 0 Å². The van der Waals surface area contributed by atoms with Crippen molar-refractivity contribution in [3.05, 3.63) is 41.2 Å². The molecular weight excluding hydrogens is 593 g/mol. The number of nitrogens with one attached hydrogen (secondary N) is 1. The van der Waals surface area contributed by atoms with E-state index in [0.717, 1.165) is 23.5 Å². The van der Waals surface area contributed by atoms with Crippen molar-refractivity contribution < 1.29 is 31.5 Å². The first-order valence-corrected chi connectivity index (χ1v) is 14.6. The van der Waals surface area contributed by atoms with Gasteiger partial charge in [0.1, 0.15) is 22.3 Å². The van der Waals surface area contributed by atoms with Gasteiger partial charge in [-0.2, -0.15) is 17.6 Å². The van der Waals surface area contributed by atoms with Gasteiger partial charge in [-0.3, -0.25) is 9.69 Å². The molecule has 4 rings (SSSR count). The van der Waals surface area contributed by atoms with Crippen LogP contribution in [0.3, 0.4) is 0 Å². The van der Waals surface area contributed by atoms with Crippen molar-refractivity contribution >= 4 is 39.1 Å². The number of ether oxygens (including phenoxy) is 1. The Morgan fingerprint density at radius 2 is 1.81 bits per heavy atom. The van der Waals surface area contributed by atoms with E-state index in [-0.39, 0.29) is 46.5 Å². The standard InChI is InChI=1S/C28H34F5N7O2S/c1-6-42-21(41)7-8-39-9-11-40(12-10-39)25-22(30)24(34-17(4)35-25)37-27-36-23(26(43-27)38(5)16(2)3)18-13-19(28(31,32)33)15-20(29)14-18/h13-16H,6-12H2,1-5H3,(H,34,35,36,37). The highest BCUT2D eigenvalue weighted by atomic mass is 32.1. The van der Waals surface area contributed by atoms with Crippen molar-refractivity contribution in [2.24, 2.45) is 0 Å². The number of benzene rings is 1. The number of carbonyl (C=O) groups is 1. The molecule has 0 saturated carbocycles. The molecule has 1 saturated heterocycles. The van der Waals surface area contributed by atoms with E-state index in [1.807, 2.05) is 13.8 Å². The highest BCUT2D eigenvalue weighted by Gasteiger charge is 2.32. The molecule has 3 heterocycles. The summed E-state index contributed by atoms with van der Waals surface area (Å²) in [5, 5.41) is 3.52. The molecule has 1 N–H and O–H groups in total. The number of anilines is 4. The predicted octanol–water partition coefficient (Wildman–Crippen LogP) is 5.87. The van der Waals surface area contributed by atoms with Crippen molar-refractivity contribution in [1.29, 1.82) is 0 Å². The van der Waals surface area contributed by atoms with Crippen LogP contribution in [0.2, 0.25) is 0 Å². The number of nitrogens with zero attached hydrogens (tertiary/aromatic N) is 6. The van der Waals surface area contributed by atoms with Crippen LogP contribution in [0.5, 0.6) is 0 Å². The van der Waals surface area contributed by atoms with E-state index in [2.05, 4.69) is 25.2 Å². The number of halogens is 5. The molecule has 1 aliphatic heterocycles. The fourth-order valence-corrected chi connectivity index (χ4v) is 5.60. The minimum Gasteiger partial charge on any atom is -0.466 e. The van der Waals surface area contributed by atoms with Crippen LogP contribution >= 0.6 is 11.3 Å². The molecule has 0 bridgehead atoms. The van der Waals surface area contributed by atoms with E-state index in [1.165, 1.54) is 0 Å². The Balaban J connectivity index is 1.60. The summed E-state index contributed by atoms with van der Waals surface area (Å²) in [6, 6.07) is 2.20.